The van der Waals surface area contributed by atoms with Crippen LogP contribution in [0, 0.1) is 0 Å². The lowest BCUT2D eigenvalue weighted by Crippen LogP contribution is -2.27. The Morgan fingerprint density at radius 3 is 2.83 bits per heavy atom. The van der Waals surface area contributed by atoms with E-state index in [4.69, 9.17) is 0 Å². The van der Waals surface area contributed by atoms with Crippen molar-refractivity contribution in [3.8, 4) is 5.82 Å². The van der Waals surface area contributed by atoms with Crippen molar-refractivity contribution in [2.45, 2.75) is 24.0 Å². The summed E-state index contributed by atoms with van der Waals surface area (Å²) in [6.45, 7) is 0.173. The van der Waals surface area contributed by atoms with E-state index in [1.54, 1.807) is 59.7 Å². The van der Waals surface area contributed by atoms with E-state index in [9.17, 15) is 13.6 Å². The van der Waals surface area contributed by atoms with Gasteiger partial charge < -0.3 is 9.88 Å². The summed E-state index contributed by atoms with van der Waals surface area (Å²) in [5.41, 5.74) is 2.05. The van der Waals surface area contributed by atoms with E-state index in [2.05, 4.69) is 20.4 Å². The summed E-state index contributed by atoms with van der Waals surface area (Å²) < 4.78 is 28.9. The minimum atomic E-state index is -2.62. The van der Waals surface area contributed by atoms with Crippen LogP contribution in [0.5, 0.6) is 0 Å². The molecule has 4 rings (SSSR count). The maximum absolute atomic E-state index is 12.9. The number of carbonyl (C=O) groups excluding carboxylic acids is 1. The molecule has 0 radical (unpaired) electrons. The van der Waals surface area contributed by atoms with Gasteiger partial charge in [0.1, 0.15) is 6.54 Å². The monoisotopic (exact) mass is 414 g/mol. The molecule has 0 spiro atoms. The van der Waals surface area contributed by atoms with Gasteiger partial charge in [0.15, 0.2) is 11.0 Å². The second-order valence-corrected chi connectivity index (χ2v) is 7.05. The van der Waals surface area contributed by atoms with Crippen LogP contribution in [0.2, 0.25) is 0 Å². The molecular weight excluding hydrogens is 398 g/mol. The van der Waals surface area contributed by atoms with Gasteiger partial charge in [0.25, 0.3) is 5.76 Å². The molecule has 0 aliphatic heterocycles. The molecule has 1 N–H and O–H groups in total. The number of fused-ring (bicyclic) bond motifs is 1. The van der Waals surface area contributed by atoms with Gasteiger partial charge in [0.05, 0.1) is 11.0 Å². The average Bonchev–Trinajstić information content (AvgIpc) is 3.35. The van der Waals surface area contributed by atoms with Crippen molar-refractivity contribution in [2.24, 2.45) is 0 Å². The number of alkyl halides is 2. The Kier molecular flexibility index (Phi) is 5.52. The van der Waals surface area contributed by atoms with E-state index >= 15 is 0 Å². The Morgan fingerprint density at radius 2 is 2.03 bits per heavy atom. The number of nitrogens with one attached hydrogen (secondary N) is 1. The van der Waals surface area contributed by atoms with Gasteiger partial charge in [-0.25, -0.2) is 14.6 Å². The van der Waals surface area contributed by atoms with Crippen LogP contribution >= 0.6 is 11.8 Å². The Hall–Kier alpha value is -3.27. The third kappa shape index (κ3) is 4.43. The molecule has 0 aliphatic carbocycles. The molecule has 0 aliphatic rings. The van der Waals surface area contributed by atoms with E-state index in [1.165, 1.54) is 4.57 Å². The highest BCUT2D eigenvalue weighted by molar-refractivity contribution is 7.99. The third-order valence-corrected chi connectivity index (χ3v) is 4.86. The Morgan fingerprint density at radius 1 is 1.17 bits per heavy atom. The molecule has 0 saturated heterocycles. The number of halogens is 2. The zero-order valence-corrected chi connectivity index (χ0v) is 15.9. The predicted octanol–water partition coefficient (Wildman–Crippen LogP) is 3.25. The van der Waals surface area contributed by atoms with Crippen LogP contribution < -0.4 is 5.32 Å². The lowest BCUT2D eigenvalue weighted by atomic mass is 10.2. The number of amides is 1. The number of hydrogen-bond donors (Lipinski definition) is 1. The van der Waals surface area contributed by atoms with Gasteiger partial charge >= 0.3 is 0 Å². The van der Waals surface area contributed by atoms with Gasteiger partial charge in [-0.3, -0.25) is 4.79 Å². The van der Waals surface area contributed by atoms with Crippen LogP contribution in [0.15, 0.2) is 66.2 Å². The molecule has 0 atom stereocenters. The second kappa shape index (κ2) is 8.39. The smallest absolute Gasteiger partial charge is 0.291 e. The molecule has 1 aromatic carbocycles. The number of imidazole rings is 1. The van der Waals surface area contributed by atoms with Crippen LogP contribution in [0.25, 0.3) is 16.9 Å². The molecule has 7 nitrogen and oxygen atoms in total. The number of nitrogens with zero attached hydrogens (tertiary/aromatic N) is 5. The molecule has 4 aromatic rings. The van der Waals surface area contributed by atoms with Crippen LogP contribution in [0.3, 0.4) is 0 Å². The summed E-state index contributed by atoms with van der Waals surface area (Å²) in [6, 6.07) is 12.4. The fourth-order valence-corrected chi connectivity index (χ4v) is 3.48. The number of thioether (sulfide) groups is 1. The summed E-state index contributed by atoms with van der Waals surface area (Å²) in [6.07, 6.45) is 5.07. The zero-order chi connectivity index (χ0) is 20.2. The van der Waals surface area contributed by atoms with Gasteiger partial charge in [0.2, 0.25) is 5.91 Å². The van der Waals surface area contributed by atoms with Crippen molar-refractivity contribution in [3.05, 3.63) is 66.6 Å². The number of benzene rings is 1. The molecular formula is C19H16F2N6OS. The molecule has 3 aromatic heterocycles. The number of para-hydroxylation sites is 2. The summed E-state index contributed by atoms with van der Waals surface area (Å²) in [7, 11) is 0. The first-order chi connectivity index (χ1) is 14.1. The fraction of sp³-hybridized carbons (Fsp3) is 0.158. The highest BCUT2D eigenvalue weighted by Gasteiger charge is 2.17. The lowest BCUT2D eigenvalue weighted by Gasteiger charge is -2.10. The summed E-state index contributed by atoms with van der Waals surface area (Å²) >= 11 is 0.328. The largest absolute Gasteiger partial charge is 0.350 e. The van der Waals surface area contributed by atoms with Crippen molar-refractivity contribution in [1.82, 2.24) is 29.6 Å². The third-order valence-electron chi connectivity index (χ3n) is 4.15. The maximum Gasteiger partial charge on any atom is 0.291 e. The number of rotatable bonds is 7. The first-order valence-electron chi connectivity index (χ1n) is 8.72. The van der Waals surface area contributed by atoms with Crippen LogP contribution in [0.1, 0.15) is 5.56 Å². The van der Waals surface area contributed by atoms with Crippen molar-refractivity contribution in [1.29, 1.82) is 0 Å². The molecule has 0 fully saturated rings. The molecule has 3 heterocycles. The first-order valence-corrected chi connectivity index (χ1v) is 9.60. The van der Waals surface area contributed by atoms with E-state index < -0.39 is 5.76 Å². The average molecular weight is 414 g/mol. The Bertz CT molecular complexity index is 1130. The van der Waals surface area contributed by atoms with Crippen LogP contribution in [-0.4, -0.2) is 36.0 Å². The summed E-state index contributed by atoms with van der Waals surface area (Å²) in [5.74, 6) is -2.29. The van der Waals surface area contributed by atoms with Gasteiger partial charge in [-0.1, -0.05) is 12.1 Å². The van der Waals surface area contributed by atoms with Crippen LogP contribution in [-0.2, 0) is 17.9 Å². The van der Waals surface area contributed by atoms with Crippen molar-refractivity contribution in [3.63, 3.8) is 0 Å². The number of hydrogen-bond acceptors (Lipinski definition) is 5. The van der Waals surface area contributed by atoms with Gasteiger partial charge in [-0.15, -0.1) is 0 Å². The maximum atomic E-state index is 12.9. The van der Waals surface area contributed by atoms with Gasteiger partial charge in [-0.2, -0.15) is 13.9 Å². The highest BCUT2D eigenvalue weighted by atomic mass is 32.2. The minimum Gasteiger partial charge on any atom is -0.350 e. The van der Waals surface area contributed by atoms with E-state index in [0.717, 1.165) is 5.56 Å². The minimum absolute atomic E-state index is 0.105. The number of aromatic nitrogens is 5. The first kappa shape index (κ1) is 19.1. The van der Waals surface area contributed by atoms with Gasteiger partial charge in [-0.05, 0) is 47.7 Å². The topological polar surface area (TPSA) is 77.6 Å². The predicted molar refractivity (Wildman–Crippen MR) is 105 cm³/mol. The number of pyridine rings is 1. The lowest BCUT2D eigenvalue weighted by molar-refractivity contribution is -0.121. The molecule has 0 bridgehead atoms. The van der Waals surface area contributed by atoms with Crippen LogP contribution in [0.4, 0.5) is 8.78 Å². The van der Waals surface area contributed by atoms with Crippen molar-refractivity contribution >= 4 is 28.7 Å². The Balaban J connectivity index is 1.47. The fourth-order valence-electron chi connectivity index (χ4n) is 2.88. The van der Waals surface area contributed by atoms with Crippen molar-refractivity contribution < 1.29 is 13.6 Å². The van der Waals surface area contributed by atoms with E-state index in [1.807, 2.05) is 6.07 Å². The molecule has 29 heavy (non-hydrogen) atoms. The summed E-state index contributed by atoms with van der Waals surface area (Å²) in [4.78, 5) is 20.9. The standard InChI is InChI=1S/C19H16F2N6OS/c20-18(21)29-19-25-14-4-1-2-5-15(14)26(19)12-17(28)23-11-13-6-8-22-16(10-13)27-9-3-7-24-27/h1-10,18H,11-12H2,(H,23,28). The molecule has 0 unspecified atom stereocenters. The van der Waals surface area contributed by atoms with Gasteiger partial charge in [0, 0.05) is 25.1 Å². The number of carbonyl (C=O) groups is 1. The molecule has 1 amide bonds. The normalized spacial score (nSPS) is 11.3. The highest BCUT2D eigenvalue weighted by Crippen LogP contribution is 2.28. The zero-order valence-electron chi connectivity index (χ0n) is 15.1. The summed E-state index contributed by atoms with van der Waals surface area (Å²) in [5, 5.41) is 7.05. The molecule has 148 valence electrons. The Labute approximate surface area is 168 Å². The molecule has 10 heteroatoms. The second-order valence-electron chi connectivity index (χ2n) is 6.10. The quantitative estimate of drug-likeness (QED) is 0.470. The SMILES string of the molecule is O=C(Cn1c(SC(F)F)nc2ccccc21)NCc1ccnc(-n2cccn2)c1. The molecule has 0 saturated carbocycles. The van der Waals surface area contributed by atoms with E-state index in [0.29, 0.717) is 28.6 Å². The van der Waals surface area contributed by atoms with E-state index in [-0.39, 0.29) is 24.2 Å². The van der Waals surface area contributed by atoms with Crippen molar-refractivity contribution in [2.75, 3.05) is 0 Å².